The molecule has 1 aromatic heterocycles. The topological polar surface area (TPSA) is 77.5 Å². The summed E-state index contributed by atoms with van der Waals surface area (Å²) in [4.78, 5) is 28.8. The van der Waals surface area contributed by atoms with Crippen molar-refractivity contribution in [1.29, 1.82) is 0 Å². The molecule has 0 aliphatic carbocycles. The Morgan fingerprint density at radius 1 is 0.968 bits per heavy atom. The SMILES string of the molecule is COc1ccc2cc(COC(=O)CNC(=O)c3ccc4ccccc4c3)c(Cl)nc2c1. The monoisotopic (exact) mass is 434 g/mol. The van der Waals surface area contributed by atoms with E-state index in [9.17, 15) is 9.59 Å². The molecular formula is C24H19ClN2O4. The van der Waals surface area contributed by atoms with Gasteiger partial charge in [0.25, 0.3) is 5.91 Å². The third-order valence-corrected chi connectivity index (χ3v) is 5.17. The average molecular weight is 435 g/mol. The molecule has 0 fully saturated rings. The zero-order valence-electron chi connectivity index (χ0n) is 16.7. The van der Waals surface area contributed by atoms with Gasteiger partial charge in [0.15, 0.2) is 0 Å². The van der Waals surface area contributed by atoms with Crippen molar-refractivity contribution in [2.45, 2.75) is 6.61 Å². The van der Waals surface area contributed by atoms with Crippen LogP contribution in [0.15, 0.2) is 66.7 Å². The molecular weight excluding hydrogens is 416 g/mol. The highest BCUT2D eigenvalue weighted by atomic mass is 35.5. The van der Waals surface area contributed by atoms with Crippen LogP contribution in [-0.4, -0.2) is 30.5 Å². The molecule has 6 nitrogen and oxygen atoms in total. The van der Waals surface area contributed by atoms with Gasteiger partial charge in [-0.2, -0.15) is 0 Å². The number of esters is 1. The molecule has 1 amide bonds. The Morgan fingerprint density at radius 3 is 2.55 bits per heavy atom. The van der Waals surface area contributed by atoms with Crippen molar-refractivity contribution in [3.63, 3.8) is 0 Å². The predicted molar refractivity (Wildman–Crippen MR) is 119 cm³/mol. The number of pyridine rings is 1. The molecule has 31 heavy (non-hydrogen) atoms. The maximum absolute atomic E-state index is 12.4. The summed E-state index contributed by atoms with van der Waals surface area (Å²) in [6.45, 7) is -0.292. The maximum atomic E-state index is 12.4. The molecule has 3 aromatic carbocycles. The quantitative estimate of drug-likeness (QED) is 0.356. The molecule has 4 aromatic rings. The summed E-state index contributed by atoms with van der Waals surface area (Å²) in [5.74, 6) is -0.237. The van der Waals surface area contributed by atoms with Gasteiger partial charge in [-0.1, -0.05) is 41.9 Å². The lowest BCUT2D eigenvalue weighted by molar-refractivity contribution is -0.143. The van der Waals surface area contributed by atoms with Crippen LogP contribution < -0.4 is 10.1 Å². The van der Waals surface area contributed by atoms with E-state index >= 15 is 0 Å². The van der Waals surface area contributed by atoms with Crippen LogP contribution in [0.1, 0.15) is 15.9 Å². The van der Waals surface area contributed by atoms with Crippen LogP contribution >= 0.6 is 11.6 Å². The third-order valence-electron chi connectivity index (χ3n) is 4.84. The number of halogens is 1. The summed E-state index contributed by atoms with van der Waals surface area (Å²) in [6.07, 6.45) is 0. The number of rotatable bonds is 6. The Bertz CT molecular complexity index is 1290. The van der Waals surface area contributed by atoms with Gasteiger partial charge in [0, 0.05) is 22.6 Å². The minimum atomic E-state index is -0.569. The van der Waals surface area contributed by atoms with Crippen LogP contribution in [0.5, 0.6) is 5.75 Å². The molecule has 1 N–H and O–H groups in total. The number of hydrogen-bond acceptors (Lipinski definition) is 5. The van der Waals surface area contributed by atoms with E-state index in [0.717, 1.165) is 16.2 Å². The van der Waals surface area contributed by atoms with Crippen LogP contribution in [0.2, 0.25) is 5.15 Å². The zero-order valence-corrected chi connectivity index (χ0v) is 17.5. The van der Waals surface area contributed by atoms with Gasteiger partial charge in [0.2, 0.25) is 0 Å². The second-order valence-electron chi connectivity index (χ2n) is 6.90. The van der Waals surface area contributed by atoms with Gasteiger partial charge in [-0.05, 0) is 41.1 Å². The van der Waals surface area contributed by atoms with Gasteiger partial charge in [0.1, 0.15) is 24.1 Å². The number of nitrogens with zero attached hydrogens (tertiary/aromatic N) is 1. The molecule has 0 spiro atoms. The number of benzene rings is 3. The third kappa shape index (κ3) is 4.75. The highest BCUT2D eigenvalue weighted by Crippen LogP contribution is 2.24. The van der Waals surface area contributed by atoms with Gasteiger partial charge in [0.05, 0.1) is 12.6 Å². The Balaban J connectivity index is 1.35. The molecule has 0 saturated heterocycles. The Labute approximate surface area is 183 Å². The van der Waals surface area contributed by atoms with E-state index in [0.29, 0.717) is 22.4 Å². The highest BCUT2D eigenvalue weighted by Gasteiger charge is 2.12. The molecule has 0 radical (unpaired) electrons. The van der Waals surface area contributed by atoms with Crippen molar-refractivity contribution in [3.05, 3.63) is 83.0 Å². The smallest absolute Gasteiger partial charge is 0.325 e. The van der Waals surface area contributed by atoms with Crippen molar-refractivity contribution in [3.8, 4) is 5.75 Å². The first-order valence-electron chi connectivity index (χ1n) is 9.59. The maximum Gasteiger partial charge on any atom is 0.325 e. The van der Waals surface area contributed by atoms with E-state index in [1.807, 2.05) is 48.5 Å². The number of nitrogens with one attached hydrogen (secondary N) is 1. The fraction of sp³-hybridized carbons (Fsp3) is 0.125. The first-order chi connectivity index (χ1) is 15.0. The second-order valence-corrected chi connectivity index (χ2v) is 7.26. The molecule has 0 saturated carbocycles. The number of hydrogen-bond donors (Lipinski definition) is 1. The zero-order chi connectivity index (χ0) is 21.8. The fourth-order valence-corrected chi connectivity index (χ4v) is 3.39. The lowest BCUT2D eigenvalue weighted by Gasteiger charge is -2.09. The highest BCUT2D eigenvalue weighted by molar-refractivity contribution is 6.30. The van der Waals surface area contributed by atoms with Crippen LogP contribution in [0.4, 0.5) is 0 Å². The minimum absolute atomic E-state index is 0.0432. The number of fused-ring (bicyclic) bond motifs is 2. The summed E-state index contributed by atoms with van der Waals surface area (Å²) in [5.41, 5.74) is 1.74. The van der Waals surface area contributed by atoms with Gasteiger partial charge < -0.3 is 14.8 Å². The fourth-order valence-electron chi connectivity index (χ4n) is 3.19. The summed E-state index contributed by atoms with van der Waals surface area (Å²) in [5, 5.41) is 5.67. The summed E-state index contributed by atoms with van der Waals surface area (Å²) >= 11 is 6.22. The van der Waals surface area contributed by atoms with E-state index < -0.39 is 5.97 Å². The molecule has 4 rings (SSSR count). The predicted octanol–water partition coefficient (Wildman–Crippen LogP) is 4.52. The van der Waals surface area contributed by atoms with E-state index in [-0.39, 0.29) is 24.2 Å². The normalized spacial score (nSPS) is 10.8. The molecule has 7 heteroatoms. The minimum Gasteiger partial charge on any atom is -0.497 e. The van der Waals surface area contributed by atoms with Crippen molar-refractivity contribution in [2.24, 2.45) is 0 Å². The first-order valence-corrected chi connectivity index (χ1v) is 9.97. The van der Waals surface area contributed by atoms with Gasteiger partial charge >= 0.3 is 5.97 Å². The van der Waals surface area contributed by atoms with Crippen molar-refractivity contribution >= 4 is 45.2 Å². The Morgan fingerprint density at radius 2 is 1.74 bits per heavy atom. The molecule has 0 unspecified atom stereocenters. The van der Waals surface area contributed by atoms with Crippen LogP contribution in [-0.2, 0) is 16.1 Å². The number of ether oxygens (including phenoxy) is 2. The molecule has 1 heterocycles. The largest absolute Gasteiger partial charge is 0.497 e. The van der Waals surface area contributed by atoms with E-state index in [1.165, 1.54) is 0 Å². The van der Waals surface area contributed by atoms with Crippen molar-refractivity contribution in [2.75, 3.05) is 13.7 Å². The standard InChI is InChI=1S/C24H19ClN2O4/c1-30-20-9-8-17-11-19(23(25)27-21(17)12-20)14-31-22(28)13-26-24(29)18-7-6-15-4-2-3-5-16(15)10-18/h2-12H,13-14H2,1H3,(H,26,29). The van der Waals surface area contributed by atoms with Gasteiger partial charge in [-0.3, -0.25) is 9.59 Å². The number of carbonyl (C=O) groups excluding carboxylic acids is 2. The summed E-state index contributed by atoms with van der Waals surface area (Å²) < 4.78 is 10.4. The first kappa shape index (κ1) is 20.6. The number of methoxy groups -OCH3 is 1. The lowest BCUT2D eigenvalue weighted by atomic mass is 10.1. The average Bonchev–Trinajstić information content (AvgIpc) is 2.80. The lowest BCUT2D eigenvalue weighted by Crippen LogP contribution is -2.30. The number of amides is 1. The van der Waals surface area contributed by atoms with Crippen molar-refractivity contribution in [1.82, 2.24) is 10.3 Å². The molecule has 0 aliphatic heterocycles. The molecule has 0 bridgehead atoms. The Kier molecular flexibility index (Phi) is 6.00. The van der Waals surface area contributed by atoms with E-state index in [4.69, 9.17) is 21.1 Å². The van der Waals surface area contributed by atoms with E-state index in [2.05, 4.69) is 10.3 Å². The van der Waals surface area contributed by atoms with Crippen LogP contribution in [0.3, 0.4) is 0 Å². The molecule has 0 atom stereocenters. The van der Waals surface area contributed by atoms with Crippen molar-refractivity contribution < 1.29 is 19.1 Å². The summed E-state index contributed by atoms with van der Waals surface area (Å²) in [6, 6.07) is 20.4. The summed E-state index contributed by atoms with van der Waals surface area (Å²) in [7, 11) is 1.58. The van der Waals surface area contributed by atoms with Crippen LogP contribution in [0, 0.1) is 0 Å². The second kappa shape index (κ2) is 9.02. The van der Waals surface area contributed by atoms with Crippen LogP contribution in [0.25, 0.3) is 21.7 Å². The number of aromatic nitrogens is 1. The van der Waals surface area contributed by atoms with Gasteiger partial charge in [-0.25, -0.2) is 4.98 Å². The molecule has 0 aliphatic rings. The Hall–Kier alpha value is -3.64. The number of carbonyl (C=O) groups is 2. The van der Waals surface area contributed by atoms with E-state index in [1.54, 1.807) is 25.3 Å². The van der Waals surface area contributed by atoms with Gasteiger partial charge in [-0.15, -0.1) is 0 Å². The molecule has 156 valence electrons.